The van der Waals surface area contributed by atoms with Gasteiger partial charge in [0, 0.05) is 6.04 Å². The Morgan fingerprint density at radius 2 is 1.84 bits per heavy atom. The van der Waals surface area contributed by atoms with E-state index in [-0.39, 0.29) is 5.82 Å². The Balaban J connectivity index is 1.98. The Bertz CT molecular complexity index is 464. The summed E-state index contributed by atoms with van der Waals surface area (Å²) < 4.78 is 18.0. The predicted molar refractivity (Wildman–Crippen MR) is 74.6 cm³/mol. The van der Waals surface area contributed by atoms with Crippen molar-refractivity contribution in [1.82, 2.24) is 5.32 Å². The normalized spacial score (nSPS) is 12.5. The van der Waals surface area contributed by atoms with Gasteiger partial charge in [-0.2, -0.15) is 0 Å². The maximum atomic E-state index is 12.9. The van der Waals surface area contributed by atoms with E-state index < -0.39 is 0 Å². The number of hydrogen-bond acceptors (Lipinski definition) is 2. The molecule has 19 heavy (non-hydrogen) atoms. The van der Waals surface area contributed by atoms with Gasteiger partial charge in [0.25, 0.3) is 0 Å². The van der Waals surface area contributed by atoms with Crippen molar-refractivity contribution in [2.24, 2.45) is 0 Å². The maximum Gasteiger partial charge on any atom is 0.123 e. The molecule has 0 radical (unpaired) electrons. The summed E-state index contributed by atoms with van der Waals surface area (Å²) >= 11 is 0. The van der Waals surface area contributed by atoms with E-state index in [0.717, 1.165) is 31.4 Å². The molecule has 0 aliphatic carbocycles. The lowest BCUT2D eigenvalue weighted by molar-refractivity contribution is 0.499. The number of benzene rings is 1. The summed E-state index contributed by atoms with van der Waals surface area (Å²) in [4.78, 5) is 0. The van der Waals surface area contributed by atoms with Crippen LogP contribution in [0.3, 0.4) is 0 Å². The van der Waals surface area contributed by atoms with Crippen molar-refractivity contribution in [1.29, 1.82) is 0 Å². The van der Waals surface area contributed by atoms with Crippen LogP contribution in [0, 0.1) is 5.82 Å². The molecule has 0 spiro atoms. The third-order valence-electron chi connectivity index (χ3n) is 3.14. The van der Waals surface area contributed by atoms with E-state index in [1.807, 2.05) is 18.2 Å². The van der Waals surface area contributed by atoms with Crippen LogP contribution in [-0.2, 0) is 12.8 Å². The van der Waals surface area contributed by atoms with Crippen LogP contribution in [0.4, 0.5) is 4.39 Å². The van der Waals surface area contributed by atoms with Crippen molar-refractivity contribution in [3.8, 4) is 0 Å². The standard InChI is InChI=1S/C16H20FNO/c1-2-8-18-16(11-14-7-9-19-12-14)10-13-3-5-15(17)6-4-13/h3-7,9,12,16,18H,2,8,10-11H2,1H3. The lowest BCUT2D eigenvalue weighted by atomic mass is 10.0. The summed E-state index contributed by atoms with van der Waals surface area (Å²) in [6.07, 6.45) is 6.40. The van der Waals surface area contributed by atoms with E-state index in [1.54, 1.807) is 12.5 Å². The zero-order valence-corrected chi connectivity index (χ0v) is 11.2. The van der Waals surface area contributed by atoms with Gasteiger partial charge in [-0.1, -0.05) is 19.1 Å². The van der Waals surface area contributed by atoms with E-state index in [0.29, 0.717) is 6.04 Å². The highest BCUT2D eigenvalue weighted by molar-refractivity contribution is 5.18. The second-order valence-electron chi connectivity index (χ2n) is 4.82. The predicted octanol–water partition coefficient (Wildman–Crippen LogP) is 3.57. The van der Waals surface area contributed by atoms with Crippen molar-refractivity contribution < 1.29 is 8.81 Å². The Morgan fingerprint density at radius 1 is 1.11 bits per heavy atom. The first-order valence-electron chi connectivity index (χ1n) is 6.77. The van der Waals surface area contributed by atoms with E-state index in [9.17, 15) is 4.39 Å². The van der Waals surface area contributed by atoms with E-state index in [2.05, 4.69) is 12.2 Å². The molecule has 1 atom stereocenters. The number of furan rings is 1. The summed E-state index contributed by atoms with van der Waals surface area (Å²) in [5.41, 5.74) is 2.34. The van der Waals surface area contributed by atoms with Crippen molar-refractivity contribution in [3.63, 3.8) is 0 Å². The molecular formula is C16H20FNO. The largest absolute Gasteiger partial charge is 0.472 e. The molecule has 1 aromatic carbocycles. The first-order valence-corrected chi connectivity index (χ1v) is 6.77. The highest BCUT2D eigenvalue weighted by atomic mass is 19.1. The average molecular weight is 261 g/mol. The molecule has 2 aromatic rings. The van der Waals surface area contributed by atoms with Gasteiger partial charge in [0.15, 0.2) is 0 Å². The van der Waals surface area contributed by atoms with Crippen molar-refractivity contribution in [3.05, 3.63) is 59.8 Å². The van der Waals surface area contributed by atoms with Gasteiger partial charge in [-0.05, 0) is 55.1 Å². The highest BCUT2D eigenvalue weighted by Gasteiger charge is 2.10. The van der Waals surface area contributed by atoms with Crippen LogP contribution in [0.25, 0.3) is 0 Å². The minimum atomic E-state index is -0.184. The lowest BCUT2D eigenvalue weighted by Crippen LogP contribution is -2.33. The SMILES string of the molecule is CCCNC(Cc1ccc(F)cc1)Cc1ccoc1. The Kier molecular flexibility index (Phi) is 5.16. The molecule has 0 fully saturated rings. The first kappa shape index (κ1) is 13.8. The van der Waals surface area contributed by atoms with Crippen LogP contribution in [0.1, 0.15) is 24.5 Å². The maximum absolute atomic E-state index is 12.9. The molecule has 0 aliphatic rings. The Labute approximate surface area is 113 Å². The lowest BCUT2D eigenvalue weighted by Gasteiger charge is -2.18. The van der Waals surface area contributed by atoms with Crippen LogP contribution in [0.5, 0.6) is 0 Å². The fourth-order valence-electron chi connectivity index (χ4n) is 2.16. The van der Waals surface area contributed by atoms with Gasteiger partial charge in [-0.15, -0.1) is 0 Å². The molecule has 0 bridgehead atoms. The molecule has 1 N–H and O–H groups in total. The van der Waals surface area contributed by atoms with Crippen LogP contribution in [0.15, 0.2) is 47.3 Å². The van der Waals surface area contributed by atoms with Gasteiger partial charge in [-0.25, -0.2) is 4.39 Å². The molecule has 1 aromatic heterocycles. The van der Waals surface area contributed by atoms with Crippen molar-refractivity contribution in [2.45, 2.75) is 32.2 Å². The summed E-state index contributed by atoms with van der Waals surface area (Å²) in [6, 6.07) is 9.08. The smallest absolute Gasteiger partial charge is 0.123 e. The molecule has 0 amide bonds. The molecule has 1 unspecified atom stereocenters. The molecule has 0 aliphatic heterocycles. The molecular weight excluding hydrogens is 241 g/mol. The molecule has 0 saturated heterocycles. The minimum absolute atomic E-state index is 0.184. The molecule has 1 heterocycles. The van der Waals surface area contributed by atoms with Gasteiger partial charge in [0.1, 0.15) is 5.82 Å². The first-order chi connectivity index (χ1) is 9.28. The van der Waals surface area contributed by atoms with Crippen LogP contribution in [0.2, 0.25) is 0 Å². The molecule has 2 rings (SSSR count). The van der Waals surface area contributed by atoms with Gasteiger partial charge in [-0.3, -0.25) is 0 Å². The fourth-order valence-corrected chi connectivity index (χ4v) is 2.16. The summed E-state index contributed by atoms with van der Waals surface area (Å²) in [5, 5.41) is 3.54. The molecule has 102 valence electrons. The third-order valence-corrected chi connectivity index (χ3v) is 3.14. The second-order valence-corrected chi connectivity index (χ2v) is 4.82. The summed E-state index contributed by atoms with van der Waals surface area (Å²) in [7, 11) is 0. The number of hydrogen-bond donors (Lipinski definition) is 1. The van der Waals surface area contributed by atoms with E-state index in [4.69, 9.17) is 4.42 Å². The van der Waals surface area contributed by atoms with Gasteiger partial charge in [0.05, 0.1) is 12.5 Å². The zero-order valence-electron chi connectivity index (χ0n) is 11.2. The summed E-state index contributed by atoms with van der Waals surface area (Å²) in [6.45, 7) is 3.14. The fraction of sp³-hybridized carbons (Fsp3) is 0.375. The number of rotatable bonds is 7. The van der Waals surface area contributed by atoms with Crippen molar-refractivity contribution >= 4 is 0 Å². The summed E-state index contributed by atoms with van der Waals surface area (Å²) in [5.74, 6) is -0.184. The Morgan fingerprint density at radius 3 is 2.47 bits per heavy atom. The second kappa shape index (κ2) is 7.10. The van der Waals surface area contributed by atoms with Gasteiger partial charge < -0.3 is 9.73 Å². The highest BCUT2D eigenvalue weighted by Crippen LogP contribution is 2.11. The number of halogens is 1. The zero-order chi connectivity index (χ0) is 13.5. The molecule has 3 heteroatoms. The van der Waals surface area contributed by atoms with Crippen molar-refractivity contribution in [2.75, 3.05) is 6.54 Å². The molecule has 0 saturated carbocycles. The minimum Gasteiger partial charge on any atom is -0.472 e. The molecule has 2 nitrogen and oxygen atoms in total. The third kappa shape index (κ3) is 4.52. The average Bonchev–Trinajstić information content (AvgIpc) is 2.91. The van der Waals surface area contributed by atoms with Crippen LogP contribution in [-0.4, -0.2) is 12.6 Å². The van der Waals surface area contributed by atoms with E-state index in [1.165, 1.54) is 17.7 Å². The van der Waals surface area contributed by atoms with Crippen LogP contribution >= 0.6 is 0 Å². The van der Waals surface area contributed by atoms with Gasteiger partial charge >= 0.3 is 0 Å². The topological polar surface area (TPSA) is 25.2 Å². The Hall–Kier alpha value is -1.61. The van der Waals surface area contributed by atoms with Gasteiger partial charge in [0.2, 0.25) is 0 Å². The van der Waals surface area contributed by atoms with Crippen LogP contribution < -0.4 is 5.32 Å². The monoisotopic (exact) mass is 261 g/mol. The number of nitrogens with one attached hydrogen (secondary N) is 1. The quantitative estimate of drug-likeness (QED) is 0.824. The van der Waals surface area contributed by atoms with E-state index >= 15 is 0 Å².